The third-order valence-electron chi connectivity index (χ3n) is 4.06. The molecule has 0 radical (unpaired) electrons. The second-order valence-corrected chi connectivity index (χ2v) is 7.34. The molecule has 0 spiro atoms. The quantitative estimate of drug-likeness (QED) is 0.441. The number of nitrogens with one attached hydrogen (secondary N) is 1. The molecule has 3 rings (SSSR count). The van der Waals surface area contributed by atoms with Gasteiger partial charge in [0.25, 0.3) is 5.91 Å². The van der Waals surface area contributed by atoms with Crippen LogP contribution in [0.5, 0.6) is 0 Å². The standard InChI is InChI=1S/C22H20N2O4S/c23-20(25)14-29-19-8-4-3-7-18(19)24-21(26)13-28-22(27)12-15-9-10-16-5-1-2-6-17(16)11-15/h1-11H,12-14H2,(H2,23,25)(H,24,26). The summed E-state index contributed by atoms with van der Waals surface area (Å²) in [6.07, 6.45) is 0.0865. The van der Waals surface area contributed by atoms with E-state index < -0.39 is 17.8 Å². The molecule has 0 aliphatic heterocycles. The van der Waals surface area contributed by atoms with Crippen molar-refractivity contribution < 1.29 is 19.1 Å². The number of hydrogen-bond donors (Lipinski definition) is 2. The van der Waals surface area contributed by atoms with Crippen molar-refractivity contribution in [3.63, 3.8) is 0 Å². The van der Waals surface area contributed by atoms with Crippen LogP contribution in [0.2, 0.25) is 0 Å². The van der Waals surface area contributed by atoms with E-state index >= 15 is 0 Å². The largest absolute Gasteiger partial charge is 0.455 e. The van der Waals surface area contributed by atoms with Crippen molar-refractivity contribution in [2.45, 2.75) is 11.3 Å². The minimum absolute atomic E-state index is 0.0865. The lowest BCUT2D eigenvalue weighted by Crippen LogP contribution is -2.22. The van der Waals surface area contributed by atoms with Crippen LogP contribution in [0.1, 0.15) is 5.56 Å². The topological polar surface area (TPSA) is 98.5 Å². The molecule has 0 unspecified atom stereocenters. The van der Waals surface area contributed by atoms with Crippen LogP contribution in [-0.2, 0) is 25.5 Å². The van der Waals surface area contributed by atoms with Crippen molar-refractivity contribution >= 4 is 46.0 Å². The molecular weight excluding hydrogens is 388 g/mol. The molecule has 148 valence electrons. The molecule has 3 aromatic carbocycles. The van der Waals surface area contributed by atoms with E-state index in [2.05, 4.69) is 5.32 Å². The minimum Gasteiger partial charge on any atom is -0.455 e. The van der Waals surface area contributed by atoms with Crippen LogP contribution in [0.3, 0.4) is 0 Å². The summed E-state index contributed by atoms with van der Waals surface area (Å²) in [5.41, 5.74) is 6.52. The summed E-state index contributed by atoms with van der Waals surface area (Å²) in [5, 5.41) is 4.83. The zero-order chi connectivity index (χ0) is 20.6. The lowest BCUT2D eigenvalue weighted by atomic mass is 10.1. The predicted molar refractivity (Wildman–Crippen MR) is 114 cm³/mol. The van der Waals surface area contributed by atoms with E-state index in [0.717, 1.165) is 16.3 Å². The van der Waals surface area contributed by atoms with Gasteiger partial charge in [-0.3, -0.25) is 14.4 Å². The van der Waals surface area contributed by atoms with Gasteiger partial charge in [-0.1, -0.05) is 54.6 Å². The summed E-state index contributed by atoms with van der Waals surface area (Å²) < 4.78 is 5.10. The van der Waals surface area contributed by atoms with E-state index in [-0.39, 0.29) is 18.8 Å². The number of rotatable bonds is 8. The van der Waals surface area contributed by atoms with Crippen LogP contribution in [0, 0.1) is 0 Å². The molecule has 29 heavy (non-hydrogen) atoms. The summed E-state index contributed by atoms with van der Waals surface area (Å²) in [6, 6.07) is 20.7. The number of primary amides is 1. The molecule has 0 saturated heterocycles. The van der Waals surface area contributed by atoms with Gasteiger partial charge < -0.3 is 15.8 Å². The Morgan fingerprint density at radius 2 is 1.66 bits per heavy atom. The number of carbonyl (C=O) groups excluding carboxylic acids is 3. The van der Waals surface area contributed by atoms with Gasteiger partial charge in [0.15, 0.2) is 6.61 Å². The van der Waals surface area contributed by atoms with Gasteiger partial charge in [-0.15, -0.1) is 11.8 Å². The molecule has 0 bridgehead atoms. The maximum atomic E-state index is 12.1. The smallest absolute Gasteiger partial charge is 0.310 e. The zero-order valence-corrected chi connectivity index (χ0v) is 16.4. The number of benzene rings is 3. The SMILES string of the molecule is NC(=O)CSc1ccccc1NC(=O)COC(=O)Cc1ccc2ccccc2c1. The number of fused-ring (bicyclic) bond motifs is 1. The zero-order valence-electron chi connectivity index (χ0n) is 15.6. The van der Waals surface area contributed by atoms with Crippen molar-refractivity contribution in [3.05, 3.63) is 72.3 Å². The summed E-state index contributed by atoms with van der Waals surface area (Å²) in [7, 11) is 0. The highest BCUT2D eigenvalue weighted by atomic mass is 32.2. The Morgan fingerprint density at radius 3 is 2.45 bits per heavy atom. The van der Waals surface area contributed by atoms with E-state index in [0.29, 0.717) is 10.6 Å². The van der Waals surface area contributed by atoms with Crippen molar-refractivity contribution in [1.29, 1.82) is 0 Å². The highest BCUT2D eigenvalue weighted by Gasteiger charge is 2.12. The second-order valence-electron chi connectivity index (χ2n) is 6.32. The van der Waals surface area contributed by atoms with E-state index in [1.54, 1.807) is 24.3 Å². The van der Waals surface area contributed by atoms with Gasteiger partial charge in [-0.25, -0.2) is 0 Å². The molecule has 0 aromatic heterocycles. The van der Waals surface area contributed by atoms with Crippen LogP contribution >= 0.6 is 11.8 Å². The van der Waals surface area contributed by atoms with Gasteiger partial charge in [-0.2, -0.15) is 0 Å². The van der Waals surface area contributed by atoms with Crippen LogP contribution in [0.25, 0.3) is 10.8 Å². The Morgan fingerprint density at radius 1 is 0.931 bits per heavy atom. The number of ether oxygens (including phenoxy) is 1. The Kier molecular flexibility index (Phi) is 6.86. The summed E-state index contributed by atoms with van der Waals surface area (Å²) in [4.78, 5) is 35.9. The lowest BCUT2D eigenvalue weighted by molar-refractivity contribution is -0.146. The molecule has 0 heterocycles. The summed E-state index contributed by atoms with van der Waals surface area (Å²) in [5.74, 6) is -1.28. The van der Waals surface area contributed by atoms with Crippen molar-refractivity contribution in [2.75, 3.05) is 17.7 Å². The first-order chi connectivity index (χ1) is 14.0. The number of anilines is 1. The normalized spacial score (nSPS) is 10.5. The Hall–Kier alpha value is -3.32. The maximum absolute atomic E-state index is 12.1. The second kappa shape index (κ2) is 9.75. The van der Waals surface area contributed by atoms with Crippen molar-refractivity contribution in [3.8, 4) is 0 Å². The van der Waals surface area contributed by atoms with E-state index in [1.165, 1.54) is 11.8 Å². The van der Waals surface area contributed by atoms with E-state index in [4.69, 9.17) is 10.5 Å². The Labute approximate surface area is 172 Å². The first-order valence-electron chi connectivity index (χ1n) is 8.94. The van der Waals surface area contributed by atoms with Crippen LogP contribution in [-0.4, -0.2) is 30.1 Å². The van der Waals surface area contributed by atoms with Gasteiger partial charge in [0, 0.05) is 4.90 Å². The fraction of sp³-hybridized carbons (Fsp3) is 0.136. The van der Waals surface area contributed by atoms with Gasteiger partial charge in [0.05, 0.1) is 17.9 Å². The molecular formula is C22H20N2O4S. The monoisotopic (exact) mass is 408 g/mol. The van der Waals surface area contributed by atoms with Gasteiger partial charge in [0.1, 0.15) is 0 Å². The average molecular weight is 408 g/mol. The number of carbonyl (C=O) groups is 3. The van der Waals surface area contributed by atoms with Crippen molar-refractivity contribution in [2.24, 2.45) is 5.73 Å². The lowest BCUT2D eigenvalue weighted by Gasteiger charge is -2.10. The number of hydrogen-bond acceptors (Lipinski definition) is 5. The first kappa shape index (κ1) is 20.4. The minimum atomic E-state index is -0.480. The van der Waals surface area contributed by atoms with Gasteiger partial charge in [0.2, 0.25) is 5.91 Å². The highest BCUT2D eigenvalue weighted by molar-refractivity contribution is 8.00. The molecule has 0 atom stereocenters. The highest BCUT2D eigenvalue weighted by Crippen LogP contribution is 2.26. The molecule has 2 amide bonds. The molecule has 0 saturated carbocycles. The first-order valence-corrected chi connectivity index (χ1v) is 9.93. The van der Waals surface area contributed by atoms with E-state index in [1.807, 2.05) is 42.5 Å². The third-order valence-corrected chi connectivity index (χ3v) is 5.15. The fourth-order valence-electron chi connectivity index (χ4n) is 2.74. The number of nitrogens with two attached hydrogens (primary N) is 1. The number of esters is 1. The third kappa shape index (κ3) is 6.08. The summed E-state index contributed by atoms with van der Waals surface area (Å²) in [6.45, 7) is -0.388. The predicted octanol–water partition coefficient (Wildman–Crippen LogP) is 3.14. The molecule has 7 heteroatoms. The molecule has 3 aromatic rings. The number of amides is 2. The van der Waals surface area contributed by atoms with E-state index in [9.17, 15) is 14.4 Å². The van der Waals surface area contributed by atoms with Gasteiger partial charge >= 0.3 is 5.97 Å². The van der Waals surface area contributed by atoms with Crippen LogP contribution in [0.15, 0.2) is 71.6 Å². The van der Waals surface area contributed by atoms with Crippen LogP contribution < -0.4 is 11.1 Å². The molecule has 0 aliphatic carbocycles. The van der Waals surface area contributed by atoms with Gasteiger partial charge in [-0.05, 0) is 28.5 Å². The molecule has 0 fully saturated rings. The Bertz CT molecular complexity index is 1050. The summed E-state index contributed by atoms with van der Waals surface area (Å²) >= 11 is 1.23. The van der Waals surface area contributed by atoms with Crippen molar-refractivity contribution in [1.82, 2.24) is 0 Å². The molecule has 3 N–H and O–H groups in total. The van der Waals surface area contributed by atoms with Crippen LogP contribution in [0.4, 0.5) is 5.69 Å². The molecule has 6 nitrogen and oxygen atoms in total. The Balaban J connectivity index is 1.52. The number of para-hydroxylation sites is 1. The fourth-order valence-corrected chi connectivity index (χ4v) is 3.49. The number of thioether (sulfide) groups is 1. The average Bonchev–Trinajstić information content (AvgIpc) is 2.71. The molecule has 0 aliphatic rings. The maximum Gasteiger partial charge on any atom is 0.310 e.